The van der Waals surface area contributed by atoms with Crippen molar-refractivity contribution in [1.82, 2.24) is 19.8 Å². The van der Waals surface area contributed by atoms with Gasteiger partial charge in [0, 0.05) is 38.4 Å². The van der Waals surface area contributed by atoms with E-state index in [9.17, 15) is 9.59 Å². The van der Waals surface area contributed by atoms with Crippen LogP contribution in [0.15, 0.2) is 12.3 Å². The minimum absolute atomic E-state index is 0.130. The predicted molar refractivity (Wildman–Crippen MR) is 83.2 cm³/mol. The van der Waals surface area contributed by atoms with E-state index in [-0.39, 0.29) is 12.0 Å². The lowest BCUT2D eigenvalue weighted by atomic mass is 10.3. The molecule has 3 rings (SSSR count). The first kappa shape index (κ1) is 15.5. The molecular weight excluding hydrogens is 298 g/mol. The number of ether oxygens (including phenoxy) is 1. The fourth-order valence-electron chi connectivity index (χ4n) is 2.43. The molecule has 2 amide bonds. The van der Waals surface area contributed by atoms with Gasteiger partial charge in [0.05, 0.1) is 6.61 Å². The van der Waals surface area contributed by atoms with Crippen molar-refractivity contribution in [1.29, 1.82) is 0 Å². The Bertz CT molecular complexity index is 582. The summed E-state index contributed by atoms with van der Waals surface area (Å²) in [6, 6.07) is 2.06. The van der Waals surface area contributed by atoms with E-state index in [0.717, 1.165) is 12.8 Å². The number of nitrogens with zero attached hydrogens (tertiary/aromatic N) is 4. The Morgan fingerprint density at radius 3 is 2.61 bits per heavy atom. The van der Waals surface area contributed by atoms with Gasteiger partial charge in [0.1, 0.15) is 5.69 Å². The van der Waals surface area contributed by atoms with E-state index < -0.39 is 0 Å². The number of piperazine rings is 1. The number of aromatic nitrogens is 2. The maximum atomic E-state index is 12.5. The van der Waals surface area contributed by atoms with E-state index in [4.69, 9.17) is 4.74 Å². The maximum Gasteiger partial charge on any atom is 0.409 e. The molecule has 1 saturated heterocycles. The summed E-state index contributed by atoms with van der Waals surface area (Å²) in [6.45, 7) is 4.04. The summed E-state index contributed by atoms with van der Waals surface area (Å²) in [4.78, 5) is 36.0. The highest BCUT2D eigenvalue weighted by Crippen LogP contribution is 2.22. The Balaban J connectivity index is 1.57. The fraction of sp³-hybridized carbons (Fsp3) is 0.600. The van der Waals surface area contributed by atoms with Crippen molar-refractivity contribution in [3.05, 3.63) is 18.0 Å². The molecule has 1 N–H and O–H groups in total. The van der Waals surface area contributed by atoms with Crippen LogP contribution in [0.3, 0.4) is 0 Å². The molecule has 2 heterocycles. The highest BCUT2D eigenvalue weighted by molar-refractivity contribution is 5.92. The van der Waals surface area contributed by atoms with E-state index in [2.05, 4.69) is 15.3 Å². The van der Waals surface area contributed by atoms with E-state index in [1.54, 1.807) is 29.0 Å². The molecule has 0 atom stereocenters. The van der Waals surface area contributed by atoms with Gasteiger partial charge in [-0.15, -0.1) is 0 Å². The van der Waals surface area contributed by atoms with Gasteiger partial charge in [-0.2, -0.15) is 0 Å². The molecule has 2 fully saturated rings. The quantitative estimate of drug-likeness (QED) is 0.889. The van der Waals surface area contributed by atoms with Gasteiger partial charge in [0.2, 0.25) is 5.95 Å². The van der Waals surface area contributed by atoms with Crippen LogP contribution in [0.4, 0.5) is 10.7 Å². The van der Waals surface area contributed by atoms with Crippen molar-refractivity contribution in [2.75, 3.05) is 38.1 Å². The van der Waals surface area contributed by atoms with Crippen molar-refractivity contribution in [3.63, 3.8) is 0 Å². The van der Waals surface area contributed by atoms with Gasteiger partial charge in [-0.1, -0.05) is 0 Å². The van der Waals surface area contributed by atoms with Crippen LogP contribution in [-0.4, -0.2) is 70.6 Å². The van der Waals surface area contributed by atoms with Crippen LogP contribution in [0.5, 0.6) is 0 Å². The number of hydrogen-bond donors (Lipinski definition) is 1. The Morgan fingerprint density at radius 2 is 1.96 bits per heavy atom. The third kappa shape index (κ3) is 3.88. The summed E-state index contributed by atoms with van der Waals surface area (Å²) in [5, 5.41) is 3.19. The molecule has 8 heteroatoms. The van der Waals surface area contributed by atoms with Crippen molar-refractivity contribution in [3.8, 4) is 0 Å². The first-order valence-corrected chi connectivity index (χ1v) is 7.98. The molecule has 0 radical (unpaired) electrons. The third-order valence-corrected chi connectivity index (χ3v) is 3.88. The summed E-state index contributed by atoms with van der Waals surface area (Å²) in [5.41, 5.74) is 0.382. The molecule has 23 heavy (non-hydrogen) atoms. The molecule has 8 nitrogen and oxygen atoms in total. The van der Waals surface area contributed by atoms with Crippen LogP contribution < -0.4 is 5.32 Å². The number of hydrogen-bond acceptors (Lipinski definition) is 6. The monoisotopic (exact) mass is 319 g/mol. The second-order valence-corrected chi connectivity index (χ2v) is 5.66. The average Bonchev–Trinajstić information content (AvgIpc) is 3.39. The zero-order valence-corrected chi connectivity index (χ0v) is 13.2. The van der Waals surface area contributed by atoms with Crippen LogP contribution in [0, 0.1) is 0 Å². The van der Waals surface area contributed by atoms with Crippen LogP contribution >= 0.6 is 0 Å². The Morgan fingerprint density at radius 1 is 1.26 bits per heavy atom. The number of carbonyl (C=O) groups is 2. The first-order chi connectivity index (χ1) is 11.2. The average molecular weight is 319 g/mol. The number of amides is 2. The largest absolute Gasteiger partial charge is 0.450 e. The summed E-state index contributed by atoms with van der Waals surface area (Å²) in [5.74, 6) is 0.373. The van der Waals surface area contributed by atoms with Crippen molar-refractivity contribution >= 4 is 17.9 Å². The van der Waals surface area contributed by atoms with Crippen molar-refractivity contribution in [2.24, 2.45) is 0 Å². The number of carbonyl (C=O) groups excluding carboxylic acids is 2. The third-order valence-electron chi connectivity index (χ3n) is 3.88. The van der Waals surface area contributed by atoms with Crippen LogP contribution in [0.2, 0.25) is 0 Å². The van der Waals surface area contributed by atoms with Gasteiger partial charge in [0.25, 0.3) is 5.91 Å². The van der Waals surface area contributed by atoms with E-state index >= 15 is 0 Å². The molecule has 1 saturated carbocycles. The van der Waals surface area contributed by atoms with E-state index in [0.29, 0.717) is 50.5 Å². The second-order valence-electron chi connectivity index (χ2n) is 5.66. The van der Waals surface area contributed by atoms with Crippen LogP contribution in [0.1, 0.15) is 30.3 Å². The smallest absolute Gasteiger partial charge is 0.409 e. The molecule has 1 aliphatic heterocycles. The number of rotatable bonds is 4. The summed E-state index contributed by atoms with van der Waals surface area (Å²) in [6.07, 6.45) is 3.52. The van der Waals surface area contributed by atoms with Gasteiger partial charge in [-0.3, -0.25) is 4.79 Å². The van der Waals surface area contributed by atoms with Gasteiger partial charge in [-0.05, 0) is 25.8 Å². The SMILES string of the molecule is CCOC(=O)N1CCN(C(=O)c2ccnc(NC3CC3)n2)CC1. The summed E-state index contributed by atoms with van der Waals surface area (Å²) in [7, 11) is 0. The summed E-state index contributed by atoms with van der Waals surface area (Å²) >= 11 is 0. The normalized spacial score (nSPS) is 17.8. The van der Waals surface area contributed by atoms with Crippen molar-refractivity contribution < 1.29 is 14.3 Å². The molecule has 0 spiro atoms. The van der Waals surface area contributed by atoms with Gasteiger partial charge >= 0.3 is 6.09 Å². The zero-order valence-electron chi connectivity index (χ0n) is 13.2. The topological polar surface area (TPSA) is 87.7 Å². The maximum absolute atomic E-state index is 12.5. The lowest BCUT2D eigenvalue weighted by Gasteiger charge is -2.33. The van der Waals surface area contributed by atoms with Crippen LogP contribution in [-0.2, 0) is 4.74 Å². The first-order valence-electron chi connectivity index (χ1n) is 7.98. The predicted octanol–water partition coefficient (Wildman–Crippen LogP) is 0.965. The minimum Gasteiger partial charge on any atom is -0.450 e. The number of nitrogens with one attached hydrogen (secondary N) is 1. The molecule has 0 bridgehead atoms. The summed E-state index contributed by atoms with van der Waals surface area (Å²) < 4.78 is 4.97. The second kappa shape index (κ2) is 6.80. The lowest BCUT2D eigenvalue weighted by molar-refractivity contribution is 0.0566. The van der Waals surface area contributed by atoms with E-state index in [1.165, 1.54) is 0 Å². The standard InChI is InChI=1S/C15H21N5O3/c1-2-23-15(22)20-9-7-19(8-10-20)13(21)12-5-6-16-14(18-12)17-11-3-4-11/h5-6,11H,2-4,7-10H2,1H3,(H,16,17,18). The van der Waals surface area contributed by atoms with E-state index in [1.807, 2.05) is 0 Å². The van der Waals surface area contributed by atoms with Gasteiger partial charge in [0.15, 0.2) is 0 Å². The Labute approximate surface area is 134 Å². The Kier molecular flexibility index (Phi) is 4.59. The van der Waals surface area contributed by atoms with Gasteiger partial charge < -0.3 is 19.9 Å². The Hall–Kier alpha value is -2.38. The minimum atomic E-state index is -0.322. The number of anilines is 1. The molecule has 1 aromatic heterocycles. The molecule has 0 unspecified atom stereocenters. The molecule has 2 aliphatic rings. The van der Waals surface area contributed by atoms with Crippen molar-refractivity contribution in [2.45, 2.75) is 25.8 Å². The zero-order chi connectivity index (χ0) is 16.2. The van der Waals surface area contributed by atoms with Gasteiger partial charge in [-0.25, -0.2) is 14.8 Å². The molecule has 1 aliphatic carbocycles. The molecule has 124 valence electrons. The van der Waals surface area contributed by atoms with Crippen LogP contribution in [0.25, 0.3) is 0 Å². The molecular formula is C15H21N5O3. The molecule has 0 aromatic carbocycles. The fourth-order valence-corrected chi connectivity index (χ4v) is 2.43. The lowest BCUT2D eigenvalue weighted by Crippen LogP contribution is -2.50. The molecule has 1 aromatic rings. The highest BCUT2D eigenvalue weighted by atomic mass is 16.6. The highest BCUT2D eigenvalue weighted by Gasteiger charge is 2.27.